The second-order valence-electron chi connectivity index (χ2n) is 7.31. The first-order valence-corrected chi connectivity index (χ1v) is 9.94. The molecule has 30 heavy (non-hydrogen) atoms. The lowest BCUT2D eigenvalue weighted by Crippen LogP contribution is -2.15. The molecule has 3 rings (SSSR count). The SMILES string of the molecule is CC(O)CCn1cc(C(N)=O)nc1[C@@H](C)Cn1ccc(-c2ccc(C#N)c(Cl)c2)n1. The normalized spacial score (nSPS) is 13.0. The van der Waals surface area contributed by atoms with Gasteiger partial charge >= 0.3 is 0 Å². The first-order chi connectivity index (χ1) is 14.3. The maximum atomic E-state index is 11.6. The minimum absolute atomic E-state index is 0.0515. The molecule has 0 fully saturated rings. The summed E-state index contributed by atoms with van der Waals surface area (Å²) in [7, 11) is 0. The first kappa shape index (κ1) is 21.6. The van der Waals surface area contributed by atoms with Crippen LogP contribution in [0.1, 0.15) is 48.1 Å². The molecule has 0 saturated carbocycles. The van der Waals surface area contributed by atoms with Gasteiger partial charge in [0.15, 0.2) is 0 Å². The van der Waals surface area contributed by atoms with Crippen LogP contribution < -0.4 is 5.73 Å². The lowest BCUT2D eigenvalue weighted by Gasteiger charge is -2.15. The number of aryl methyl sites for hydroxylation is 1. The standard InChI is InChI=1S/C21H23ClN6O2/c1-13(21-25-19(20(24)30)12-27(21)7-5-14(2)29)11-28-8-6-18(26-28)15-3-4-16(10-23)17(22)9-15/h3-4,6,8-9,12-14,29H,5,7,11H2,1-2H3,(H2,24,30)/t13-,14?/m0/s1. The Balaban J connectivity index is 1.80. The monoisotopic (exact) mass is 426 g/mol. The van der Waals surface area contributed by atoms with Crippen molar-refractivity contribution in [2.24, 2.45) is 5.73 Å². The van der Waals surface area contributed by atoms with E-state index < -0.39 is 12.0 Å². The van der Waals surface area contributed by atoms with Crippen molar-refractivity contribution in [1.29, 1.82) is 5.26 Å². The number of primary amides is 1. The molecule has 2 aromatic heterocycles. The fraction of sp³-hybridized carbons (Fsp3) is 0.333. The molecule has 0 radical (unpaired) electrons. The summed E-state index contributed by atoms with van der Waals surface area (Å²) in [4.78, 5) is 16.0. The third-order valence-corrected chi connectivity index (χ3v) is 5.09. The molecule has 3 aromatic rings. The van der Waals surface area contributed by atoms with Gasteiger partial charge in [-0.1, -0.05) is 24.6 Å². The molecule has 0 aliphatic heterocycles. The molecule has 0 spiro atoms. The molecule has 1 amide bonds. The highest BCUT2D eigenvalue weighted by atomic mass is 35.5. The Bertz CT molecular complexity index is 1100. The van der Waals surface area contributed by atoms with E-state index >= 15 is 0 Å². The summed E-state index contributed by atoms with van der Waals surface area (Å²) in [5.41, 5.74) is 7.58. The molecule has 9 heteroatoms. The highest BCUT2D eigenvalue weighted by molar-refractivity contribution is 6.32. The highest BCUT2D eigenvalue weighted by Crippen LogP contribution is 2.25. The molecule has 0 aliphatic rings. The largest absolute Gasteiger partial charge is 0.393 e. The number of aliphatic hydroxyl groups is 1. The molecule has 0 aliphatic carbocycles. The lowest BCUT2D eigenvalue weighted by molar-refractivity contribution is 0.0996. The zero-order chi connectivity index (χ0) is 21.8. The van der Waals surface area contributed by atoms with Crippen LogP contribution >= 0.6 is 11.6 Å². The van der Waals surface area contributed by atoms with Gasteiger partial charge in [-0.3, -0.25) is 9.48 Å². The summed E-state index contributed by atoms with van der Waals surface area (Å²) in [6.45, 7) is 4.78. The van der Waals surface area contributed by atoms with Crippen molar-refractivity contribution in [3.63, 3.8) is 0 Å². The summed E-state index contributed by atoms with van der Waals surface area (Å²) in [5, 5.41) is 23.6. The van der Waals surface area contributed by atoms with Crippen molar-refractivity contribution in [3.8, 4) is 17.3 Å². The Kier molecular flexibility index (Phi) is 6.55. The molecule has 0 bridgehead atoms. The molecule has 2 heterocycles. The fourth-order valence-corrected chi connectivity index (χ4v) is 3.41. The Labute approximate surface area is 179 Å². The number of hydrogen-bond acceptors (Lipinski definition) is 5. The van der Waals surface area contributed by atoms with E-state index in [1.807, 2.05) is 35.9 Å². The van der Waals surface area contributed by atoms with Gasteiger partial charge in [-0.05, 0) is 31.5 Å². The van der Waals surface area contributed by atoms with Crippen LogP contribution in [0.2, 0.25) is 5.02 Å². The molecular weight excluding hydrogens is 404 g/mol. The average Bonchev–Trinajstić information content (AvgIpc) is 3.33. The van der Waals surface area contributed by atoms with Crippen molar-refractivity contribution in [2.75, 3.05) is 0 Å². The molecule has 1 unspecified atom stereocenters. The number of carbonyl (C=O) groups is 1. The van der Waals surface area contributed by atoms with Crippen molar-refractivity contribution in [1.82, 2.24) is 19.3 Å². The highest BCUT2D eigenvalue weighted by Gasteiger charge is 2.19. The van der Waals surface area contributed by atoms with Crippen molar-refractivity contribution >= 4 is 17.5 Å². The number of carbonyl (C=O) groups excluding carboxylic acids is 1. The number of aromatic nitrogens is 4. The molecule has 8 nitrogen and oxygen atoms in total. The van der Waals surface area contributed by atoms with Gasteiger partial charge in [0.1, 0.15) is 17.6 Å². The molecule has 2 atom stereocenters. The number of aliphatic hydroxyl groups excluding tert-OH is 1. The van der Waals surface area contributed by atoms with Gasteiger partial charge < -0.3 is 15.4 Å². The molecule has 1 aromatic carbocycles. The minimum atomic E-state index is -0.585. The van der Waals surface area contributed by atoms with E-state index in [9.17, 15) is 9.90 Å². The number of hydrogen-bond donors (Lipinski definition) is 2. The van der Waals surface area contributed by atoms with E-state index in [0.717, 1.165) is 11.3 Å². The quantitative estimate of drug-likeness (QED) is 0.573. The number of benzene rings is 1. The number of amides is 1. The number of nitrogens with two attached hydrogens (primary N) is 1. The summed E-state index contributed by atoms with van der Waals surface area (Å²) in [6, 6.07) is 9.11. The second-order valence-corrected chi connectivity index (χ2v) is 7.72. The lowest BCUT2D eigenvalue weighted by atomic mass is 10.1. The van der Waals surface area contributed by atoms with Gasteiger partial charge in [-0.15, -0.1) is 0 Å². The van der Waals surface area contributed by atoms with Crippen LogP contribution in [-0.2, 0) is 13.1 Å². The van der Waals surface area contributed by atoms with Crippen molar-refractivity contribution < 1.29 is 9.90 Å². The van der Waals surface area contributed by atoms with E-state index in [1.54, 1.807) is 29.9 Å². The van der Waals surface area contributed by atoms with E-state index in [2.05, 4.69) is 10.1 Å². The van der Waals surface area contributed by atoms with Gasteiger partial charge in [0, 0.05) is 30.4 Å². The summed E-state index contributed by atoms with van der Waals surface area (Å²) >= 11 is 6.12. The number of rotatable bonds is 8. The molecule has 0 saturated heterocycles. The Hall–Kier alpha value is -3.15. The molecule has 3 N–H and O–H groups in total. The van der Waals surface area contributed by atoms with E-state index in [1.165, 1.54) is 0 Å². The van der Waals surface area contributed by atoms with Gasteiger partial charge in [-0.2, -0.15) is 10.4 Å². The van der Waals surface area contributed by atoms with Gasteiger partial charge in [-0.25, -0.2) is 4.98 Å². The van der Waals surface area contributed by atoms with Crippen LogP contribution in [0.25, 0.3) is 11.3 Å². The van der Waals surface area contributed by atoms with Crippen LogP contribution in [0.4, 0.5) is 0 Å². The Morgan fingerprint density at radius 2 is 2.13 bits per heavy atom. The molecule has 156 valence electrons. The summed E-state index contributed by atoms with van der Waals surface area (Å²) in [5.74, 6) is 0.0747. The van der Waals surface area contributed by atoms with E-state index in [4.69, 9.17) is 22.6 Å². The van der Waals surface area contributed by atoms with Gasteiger partial charge in [0.2, 0.25) is 0 Å². The summed E-state index contributed by atoms with van der Waals surface area (Å²) < 4.78 is 3.66. The van der Waals surface area contributed by atoms with Crippen LogP contribution in [0, 0.1) is 11.3 Å². The van der Waals surface area contributed by atoms with E-state index in [-0.39, 0.29) is 11.6 Å². The maximum Gasteiger partial charge on any atom is 0.268 e. The van der Waals surface area contributed by atoms with E-state index in [0.29, 0.717) is 35.9 Å². The van der Waals surface area contributed by atoms with Crippen LogP contribution in [0.15, 0.2) is 36.7 Å². The Morgan fingerprint density at radius 3 is 2.77 bits per heavy atom. The predicted octanol–water partition coefficient (Wildman–Crippen LogP) is 2.95. The third kappa shape index (κ3) is 4.87. The van der Waals surface area contributed by atoms with Crippen LogP contribution in [0.5, 0.6) is 0 Å². The topological polar surface area (TPSA) is 123 Å². The fourth-order valence-electron chi connectivity index (χ4n) is 3.19. The smallest absolute Gasteiger partial charge is 0.268 e. The number of nitriles is 1. The maximum absolute atomic E-state index is 11.6. The minimum Gasteiger partial charge on any atom is -0.393 e. The number of halogens is 1. The molecular formula is C21H23ClN6O2. The average molecular weight is 427 g/mol. The van der Waals surface area contributed by atoms with Gasteiger partial charge in [0.05, 0.1) is 28.9 Å². The summed E-state index contributed by atoms with van der Waals surface area (Å²) in [6.07, 6.45) is 3.57. The predicted molar refractivity (Wildman–Crippen MR) is 113 cm³/mol. The number of nitrogens with zero attached hydrogens (tertiary/aromatic N) is 5. The van der Waals surface area contributed by atoms with Gasteiger partial charge in [0.25, 0.3) is 5.91 Å². The van der Waals surface area contributed by atoms with Crippen LogP contribution in [-0.4, -0.2) is 36.4 Å². The zero-order valence-electron chi connectivity index (χ0n) is 16.8. The second kappa shape index (κ2) is 9.11. The zero-order valence-corrected chi connectivity index (χ0v) is 17.5. The number of imidazole rings is 1. The van der Waals surface area contributed by atoms with Crippen molar-refractivity contribution in [2.45, 2.75) is 45.4 Å². The first-order valence-electron chi connectivity index (χ1n) is 9.57. The van der Waals surface area contributed by atoms with Crippen molar-refractivity contribution in [3.05, 3.63) is 58.8 Å². The van der Waals surface area contributed by atoms with Crippen LogP contribution in [0.3, 0.4) is 0 Å². The third-order valence-electron chi connectivity index (χ3n) is 4.78. The Morgan fingerprint density at radius 1 is 1.37 bits per heavy atom.